The highest BCUT2D eigenvalue weighted by molar-refractivity contribution is 6.00. The molecular formula is C33H36FN5O5. The summed E-state index contributed by atoms with van der Waals surface area (Å²) in [6.07, 6.45) is 2.48. The van der Waals surface area contributed by atoms with E-state index in [2.05, 4.69) is 15.7 Å². The quantitative estimate of drug-likeness (QED) is 0.205. The molecule has 1 fully saturated rings. The monoisotopic (exact) mass is 601 g/mol. The first-order valence-electron chi connectivity index (χ1n) is 14.6. The lowest BCUT2D eigenvalue weighted by molar-refractivity contribution is 0.0442. The van der Waals surface area contributed by atoms with E-state index < -0.39 is 6.03 Å². The number of amides is 3. The van der Waals surface area contributed by atoms with Crippen LogP contribution >= 0.6 is 0 Å². The minimum atomic E-state index is -0.467. The summed E-state index contributed by atoms with van der Waals surface area (Å²) < 4.78 is 32.7. The van der Waals surface area contributed by atoms with Crippen molar-refractivity contribution in [2.75, 3.05) is 30.4 Å². The van der Waals surface area contributed by atoms with Crippen molar-refractivity contribution in [3.05, 3.63) is 96.4 Å². The maximum atomic E-state index is 13.2. The number of nitrogens with zero attached hydrogens (tertiary/aromatic N) is 3. The van der Waals surface area contributed by atoms with Gasteiger partial charge in [-0.25, -0.2) is 14.0 Å². The average Bonchev–Trinajstić information content (AvgIpc) is 3.64. The predicted octanol–water partition coefficient (Wildman–Crippen LogP) is 6.46. The van der Waals surface area contributed by atoms with E-state index in [1.807, 2.05) is 49.5 Å². The third-order valence-electron chi connectivity index (χ3n) is 7.35. The lowest BCUT2D eigenvalue weighted by Gasteiger charge is -2.23. The molecule has 1 saturated heterocycles. The number of benzene rings is 3. The number of aryl methyl sites for hydroxylation is 1. The molecule has 2 N–H and O–H groups in total. The molecule has 3 amide bonds. The maximum absolute atomic E-state index is 13.2. The van der Waals surface area contributed by atoms with Crippen LogP contribution in [-0.2, 0) is 23.1 Å². The van der Waals surface area contributed by atoms with Crippen molar-refractivity contribution in [3.63, 3.8) is 0 Å². The van der Waals surface area contributed by atoms with Crippen LogP contribution in [0.25, 0.3) is 11.3 Å². The number of carbonyl (C=O) groups excluding carboxylic acids is 2. The summed E-state index contributed by atoms with van der Waals surface area (Å²) in [4.78, 5) is 27.1. The molecule has 230 valence electrons. The van der Waals surface area contributed by atoms with Gasteiger partial charge in [0.25, 0.3) is 0 Å². The number of ether oxygens (including phenoxy) is 3. The minimum absolute atomic E-state index is 0.105. The third-order valence-corrected chi connectivity index (χ3v) is 7.35. The Morgan fingerprint density at radius 3 is 2.48 bits per heavy atom. The van der Waals surface area contributed by atoms with Gasteiger partial charge in [-0.1, -0.05) is 30.3 Å². The van der Waals surface area contributed by atoms with Gasteiger partial charge in [0.2, 0.25) is 0 Å². The summed E-state index contributed by atoms with van der Waals surface area (Å²) in [5.74, 6) is 0.223. The van der Waals surface area contributed by atoms with E-state index >= 15 is 0 Å². The van der Waals surface area contributed by atoms with Gasteiger partial charge >= 0.3 is 12.1 Å². The Kier molecular flexibility index (Phi) is 10.1. The highest BCUT2D eigenvalue weighted by Crippen LogP contribution is 2.33. The molecule has 5 rings (SSSR count). The first-order valence-corrected chi connectivity index (χ1v) is 14.6. The molecule has 3 aromatic carbocycles. The Morgan fingerprint density at radius 2 is 1.75 bits per heavy atom. The lowest BCUT2D eigenvalue weighted by atomic mass is 10.1. The zero-order valence-corrected chi connectivity index (χ0v) is 24.7. The number of hydrogen-bond donors (Lipinski definition) is 2. The summed E-state index contributed by atoms with van der Waals surface area (Å²) in [7, 11) is 1.83. The third kappa shape index (κ3) is 7.93. The van der Waals surface area contributed by atoms with Crippen molar-refractivity contribution >= 4 is 23.5 Å². The maximum Gasteiger partial charge on any atom is 0.410 e. The fraction of sp³-hybridized carbons (Fsp3) is 0.303. The van der Waals surface area contributed by atoms with E-state index in [-0.39, 0.29) is 24.1 Å². The number of hydrogen-bond acceptors (Lipinski definition) is 6. The Balaban J connectivity index is 1.24. The van der Waals surface area contributed by atoms with E-state index in [1.54, 1.807) is 34.8 Å². The summed E-state index contributed by atoms with van der Waals surface area (Å²) in [6.45, 7) is 3.36. The molecule has 10 nitrogen and oxygen atoms in total. The van der Waals surface area contributed by atoms with Crippen LogP contribution in [0.3, 0.4) is 0 Å². The highest BCUT2D eigenvalue weighted by atomic mass is 19.1. The summed E-state index contributed by atoms with van der Waals surface area (Å²) in [6, 6.07) is 22.1. The largest absolute Gasteiger partial charge is 0.493 e. The van der Waals surface area contributed by atoms with Gasteiger partial charge in [-0.3, -0.25) is 4.68 Å². The average molecular weight is 602 g/mol. The van der Waals surface area contributed by atoms with Crippen LogP contribution < -0.4 is 15.4 Å². The Hall–Kier alpha value is -4.90. The SMILES string of the molecule is CCOC(=O)N1C[C@H](OCc2ccccc2)CC1CCOc1ccc(NC(=O)Nc2ccc(F)cc2)cc1-c1ccnn1C. The van der Waals surface area contributed by atoms with Gasteiger partial charge < -0.3 is 29.7 Å². The molecule has 0 aliphatic carbocycles. The molecule has 1 aliphatic heterocycles. The number of carbonyl (C=O) groups is 2. The second-order valence-electron chi connectivity index (χ2n) is 10.4. The molecule has 1 aromatic heterocycles. The van der Waals surface area contributed by atoms with Crippen molar-refractivity contribution < 1.29 is 28.2 Å². The second-order valence-corrected chi connectivity index (χ2v) is 10.4. The molecule has 0 saturated carbocycles. The van der Waals surface area contributed by atoms with Crippen LogP contribution in [0.5, 0.6) is 5.75 Å². The van der Waals surface area contributed by atoms with E-state index in [0.717, 1.165) is 16.8 Å². The number of likely N-dealkylation sites (tertiary alicyclic amines) is 1. The van der Waals surface area contributed by atoms with Crippen molar-refractivity contribution in [2.45, 2.75) is 38.5 Å². The first kappa shape index (κ1) is 30.6. The lowest BCUT2D eigenvalue weighted by Crippen LogP contribution is -2.37. The number of aromatic nitrogens is 2. The number of halogens is 1. The van der Waals surface area contributed by atoms with Crippen LogP contribution in [0.1, 0.15) is 25.3 Å². The Labute approximate surface area is 255 Å². The first-order chi connectivity index (χ1) is 21.4. The summed E-state index contributed by atoms with van der Waals surface area (Å²) in [5.41, 5.74) is 3.62. The van der Waals surface area contributed by atoms with Crippen LogP contribution in [0.15, 0.2) is 85.1 Å². The zero-order chi connectivity index (χ0) is 30.9. The molecule has 2 heterocycles. The van der Waals surface area contributed by atoms with Crippen molar-refractivity contribution in [3.8, 4) is 17.0 Å². The van der Waals surface area contributed by atoms with E-state index in [4.69, 9.17) is 14.2 Å². The van der Waals surface area contributed by atoms with Crippen molar-refractivity contribution in [1.29, 1.82) is 0 Å². The molecule has 1 aliphatic rings. The van der Waals surface area contributed by atoms with Gasteiger partial charge in [-0.15, -0.1) is 0 Å². The highest BCUT2D eigenvalue weighted by Gasteiger charge is 2.36. The molecule has 0 bridgehead atoms. The zero-order valence-electron chi connectivity index (χ0n) is 24.7. The molecule has 2 atom stereocenters. The van der Waals surface area contributed by atoms with Gasteiger partial charge in [-0.05, 0) is 67.4 Å². The molecule has 4 aromatic rings. The molecule has 11 heteroatoms. The van der Waals surface area contributed by atoms with Crippen LogP contribution in [0.2, 0.25) is 0 Å². The van der Waals surface area contributed by atoms with E-state index in [1.165, 1.54) is 24.3 Å². The van der Waals surface area contributed by atoms with Gasteiger partial charge in [0.15, 0.2) is 0 Å². The minimum Gasteiger partial charge on any atom is -0.493 e. The fourth-order valence-corrected chi connectivity index (χ4v) is 5.19. The summed E-state index contributed by atoms with van der Waals surface area (Å²) >= 11 is 0. The van der Waals surface area contributed by atoms with Crippen LogP contribution in [-0.4, -0.2) is 58.7 Å². The van der Waals surface area contributed by atoms with Crippen molar-refractivity contribution in [1.82, 2.24) is 14.7 Å². The van der Waals surface area contributed by atoms with Gasteiger partial charge in [0, 0.05) is 42.6 Å². The Morgan fingerprint density at radius 1 is 1.00 bits per heavy atom. The number of rotatable bonds is 11. The number of anilines is 2. The van der Waals surface area contributed by atoms with E-state index in [9.17, 15) is 14.0 Å². The second kappa shape index (κ2) is 14.5. The molecule has 1 unspecified atom stereocenters. The van der Waals surface area contributed by atoms with Gasteiger partial charge in [-0.2, -0.15) is 5.10 Å². The number of urea groups is 1. The standard InChI is InChI=1S/C33H36FN5O5/c1-3-42-33(41)39-21-28(44-22-23-7-5-4-6-8-23)20-27(39)16-18-43-31-14-13-26(19-29(31)30-15-17-35-38(30)2)37-32(40)36-25-11-9-24(34)10-12-25/h4-15,17,19,27-28H,3,16,18,20-22H2,1-2H3,(H2,36,37,40)/t27?,28-/m1/s1. The fourth-order valence-electron chi connectivity index (χ4n) is 5.19. The normalized spacial score (nSPS) is 16.0. The van der Waals surface area contributed by atoms with Crippen LogP contribution in [0, 0.1) is 5.82 Å². The van der Waals surface area contributed by atoms with E-state index in [0.29, 0.717) is 56.3 Å². The molecule has 0 spiro atoms. The predicted molar refractivity (Wildman–Crippen MR) is 165 cm³/mol. The number of nitrogens with one attached hydrogen (secondary N) is 2. The molecule has 44 heavy (non-hydrogen) atoms. The topological polar surface area (TPSA) is 107 Å². The molecular weight excluding hydrogens is 565 g/mol. The van der Waals surface area contributed by atoms with Gasteiger partial charge in [0.05, 0.1) is 38.2 Å². The van der Waals surface area contributed by atoms with Crippen LogP contribution in [0.4, 0.5) is 25.4 Å². The molecule has 0 radical (unpaired) electrons. The summed E-state index contributed by atoms with van der Waals surface area (Å²) in [5, 5.41) is 9.79. The smallest absolute Gasteiger partial charge is 0.410 e. The van der Waals surface area contributed by atoms with Gasteiger partial charge in [0.1, 0.15) is 11.6 Å². The van der Waals surface area contributed by atoms with Crippen molar-refractivity contribution in [2.24, 2.45) is 7.05 Å². The Bertz CT molecular complexity index is 1550.